The van der Waals surface area contributed by atoms with Crippen molar-refractivity contribution in [2.24, 2.45) is 18.9 Å². The molecule has 3 heterocycles. The van der Waals surface area contributed by atoms with E-state index in [0.717, 1.165) is 34.4 Å². The number of nitrogens with zero attached hydrogens (tertiary/aromatic N) is 7. The number of halogens is 3. The topological polar surface area (TPSA) is 141 Å². The summed E-state index contributed by atoms with van der Waals surface area (Å²) in [5.41, 5.74) is 3.17. The number of carbonyl (C=O) groups is 4. The third-order valence-electron chi connectivity index (χ3n) is 13.0. The van der Waals surface area contributed by atoms with Crippen molar-refractivity contribution < 1.29 is 33.4 Å². The zero-order valence-corrected chi connectivity index (χ0v) is 41.7. The van der Waals surface area contributed by atoms with Gasteiger partial charge in [0.2, 0.25) is 17.7 Å². The quantitative estimate of drug-likeness (QED) is 0.0865. The Labute approximate surface area is 408 Å². The van der Waals surface area contributed by atoms with Crippen molar-refractivity contribution in [1.82, 2.24) is 34.1 Å². The number of likely N-dealkylation sites (N-methyl/N-ethyl adjacent to an activating group) is 1. The van der Waals surface area contributed by atoms with Crippen molar-refractivity contribution in [3.05, 3.63) is 129 Å². The van der Waals surface area contributed by atoms with Gasteiger partial charge in [0.1, 0.15) is 23.1 Å². The summed E-state index contributed by atoms with van der Waals surface area (Å²) in [4.78, 5) is 72.8. The number of aromatic nitrogens is 3. The Balaban J connectivity index is 1.31. The van der Waals surface area contributed by atoms with Gasteiger partial charge >= 0.3 is 0 Å². The number of imidazole rings is 1. The molecule has 1 aliphatic heterocycles. The Kier molecular flexibility index (Phi) is 17.2. The van der Waals surface area contributed by atoms with Crippen LogP contribution in [0.3, 0.4) is 0 Å². The van der Waals surface area contributed by atoms with Crippen LogP contribution in [0.2, 0.25) is 10.0 Å². The molecule has 0 saturated carbocycles. The second-order valence-electron chi connectivity index (χ2n) is 18.4. The summed E-state index contributed by atoms with van der Waals surface area (Å²) in [5, 5.41) is 10.6. The van der Waals surface area contributed by atoms with Crippen LogP contribution >= 0.6 is 23.2 Å². The Morgan fingerprint density at radius 1 is 0.956 bits per heavy atom. The van der Waals surface area contributed by atoms with Gasteiger partial charge < -0.3 is 34.0 Å². The van der Waals surface area contributed by atoms with Crippen LogP contribution in [0.5, 0.6) is 11.5 Å². The summed E-state index contributed by atoms with van der Waals surface area (Å²) in [7, 11) is 7.62. The van der Waals surface area contributed by atoms with Gasteiger partial charge in [0.05, 0.1) is 55.0 Å². The van der Waals surface area contributed by atoms with Crippen LogP contribution < -0.4 is 4.74 Å². The molecule has 1 N–H and O–H groups in total. The molecule has 16 heteroatoms. The first-order valence-corrected chi connectivity index (χ1v) is 23.6. The predicted molar refractivity (Wildman–Crippen MR) is 262 cm³/mol. The number of amides is 3. The number of hydrogen-bond donors (Lipinski definition) is 1. The number of aryl methyl sites for hydroxylation is 1. The van der Waals surface area contributed by atoms with Crippen molar-refractivity contribution in [3.8, 4) is 22.8 Å². The fraction of sp³-hybridized carbons (Fsp3) is 0.423. The first-order chi connectivity index (χ1) is 32.3. The molecule has 362 valence electrons. The molecule has 6 rings (SSSR count). The molecule has 0 bridgehead atoms. The number of ketones is 1. The van der Waals surface area contributed by atoms with Crippen LogP contribution in [0, 0.1) is 24.6 Å². The molecule has 5 aromatic rings. The highest BCUT2D eigenvalue weighted by molar-refractivity contribution is 6.31. The predicted octanol–water partition coefficient (Wildman–Crippen LogP) is 8.34. The average Bonchev–Trinajstić information content (AvgIpc) is 3.66. The van der Waals surface area contributed by atoms with E-state index in [4.69, 9.17) is 27.9 Å². The maximum Gasteiger partial charge on any atom is 0.227 e. The number of aliphatic hydroxyl groups excluding tert-OH is 1. The number of rotatable bonds is 19. The van der Waals surface area contributed by atoms with Crippen LogP contribution in [0.15, 0.2) is 85.1 Å². The van der Waals surface area contributed by atoms with E-state index in [1.165, 1.54) is 17.9 Å². The first-order valence-electron chi connectivity index (χ1n) is 22.8. The summed E-state index contributed by atoms with van der Waals surface area (Å²) >= 11 is 12.6. The zero-order chi connectivity index (χ0) is 49.4. The summed E-state index contributed by atoms with van der Waals surface area (Å²) in [5.74, 6) is -2.50. The van der Waals surface area contributed by atoms with Gasteiger partial charge in [0, 0.05) is 72.6 Å². The van der Waals surface area contributed by atoms with Gasteiger partial charge in [-0.05, 0) is 120 Å². The van der Waals surface area contributed by atoms with Crippen molar-refractivity contribution in [2.75, 3.05) is 40.8 Å². The van der Waals surface area contributed by atoms with E-state index in [-0.39, 0.29) is 66.5 Å². The fourth-order valence-corrected chi connectivity index (χ4v) is 9.20. The minimum absolute atomic E-state index is 0.00376. The lowest BCUT2D eigenvalue weighted by Gasteiger charge is -2.49. The molecule has 13 nitrogen and oxygen atoms in total. The van der Waals surface area contributed by atoms with E-state index in [0.29, 0.717) is 48.8 Å². The van der Waals surface area contributed by atoms with E-state index in [9.17, 15) is 19.5 Å². The third-order valence-corrected chi connectivity index (χ3v) is 13.4. The summed E-state index contributed by atoms with van der Waals surface area (Å²) in [6, 6.07) is 21.7. The molecule has 0 radical (unpaired) electrons. The molecule has 3 aromatic carbocycles. The molecule has 1 fully saturated rings. The Bertz CT molecular complexity index is 2590. The van der Waals surface area contributed by atoms with Gasteiger partial charge in [-0.15, -0.1) is 0 Å². The highest BCUT2D eigenvalue weighted by Crippen LogP contribution is 2.36. The van der Waals surface area contributed by atoms with Gasteiger partial charge in [-0.25, -0.2) is 9.37 Å². The van der Waals surface area contributed by atoms with Gasteiger partial charge in [-0.2, -0.15) is 0 Å². The number of carbonyl (C=O) groups excluding carboxylic acids is 4. The maximum atomic E-state index is 16.2. The summed E-state index contributed by atoms with van der Waals surface area (Å²) < 4.78 is 24.5. The minimum Gasteiger partial charge on any atom is -0.457 e. The lowest BCUT2D eigenvalue weighted by atomic mass is 9.80. The first kappa shape index (κ1) is 51.7. The lowest BCUT2D eigenvalue weighted by molar-refractivity contribution is -0.151. The molecule has 3 amide bonds. The monoisotopic (exact) mass is 969 g/mol. The van der Waals surface area contributed by atoms with Gasteiger partial charge in [0.25, 0.3) is 0 Å². The normalized spacial score (nSPS) is 16.3. The molecule has 0 unspecified atom stereocenters. The molecular formula is C52H62Cl2FN7O6. The minimum atomic E-state index is -1.01. The van der Waals surface area contributed by atoms with Crippen LogP contribution in [-0.4, -0.2) is 115 Å². The molecule has 1 saturated heterocycles. The number of Topliss-reactive ketones (excluding diaryl/α,β-unsaturated/α-hetero) is 1. The van der Waals surface area contributed by atoms with Gasteiger partial charge in [0.15, 0.2) is 5.78 Å². The molecule has 0 spiro atoms. The molecule has 4 atom stereocenters. The van der Waals surface area contributed by atoms with Crippen LogP contribution in [0.25, 0.3) is 11.3 Å². The van der Waals surface area contributed by atoms with E-state index in [2.05, 4.69) is 9.97 Å². The SMILES string of the molecule is CC(=O)[C@H](C)N(Cc1c(F)cc(Cl)cc1Oc1ccc(-c2cnc(CN(C)C)n2C)cc1)C(=O)C[C@@H](Cc1cccc(C)n1)C(=O)N1CCC[C@](Cc2ccc(Cl)cc2)(N(C)C(=O)[C@@H](C)CO)C1. The van der Waals surface area contributed by atoms with Gasteiger partial charge in [-0.3, -0.25) is 24.2 Å². The second-order valence-corrected chi connectivity index (χ2v) is 19.3. The molecule has 2 aromatic heterocycles. The van der Waals surface area contributed by atoms with E-state index >= 15 is 9.18 Å². The number of likely N-dealkylation sites (tertiary alicyclic amines) is 1. The number of piperidine rings is 1. The van der Waals surface area contributed by atoms with Gasteiger partial charge in [-0.1, -0.05) is 48.3 Å². The number of hydrogen-bond acceptors (Lipinski definition) is 9. The summed E-state index contributed by atoms with van der Waals surface area (Å²) in [6.45, 7) is 6.93. The van der Waals surface area contributed by atoms with Crippen molar-refractivity contribution in [1.29, 1.82) is 0 Å². The lowest BCUT2D eigenvalue weighted by Crippen LogP contribution is -2.62. The fourth-order valence-electron chi connectivity index (χ4n) is 8.88. The maximum absolute atomic E-state index is 16.2. The van der Waals surface area contributed by atoms with E-state index < -0.39 is 35.1 Å². The molecule has 68 heavy (non-hydrogen) atoms. The van der Waals surface area contributed by atoms with Crippen LogP contribution in [0.1, 0.15) is 68.4 Å². The highest BCUT2D eigenvalue weighted by Gasteiger charge is 2.45. The number of ether oxygens (including phenoxy) is 1. The molecule has 0 aliphatic carbocycles. The van der Waals surface area contributed by atoms with Crippen molar-refractivity contribution in [2.45, 2.75) is 84.5 Å². The number of aliphatic hydroxyl groups is 1. The number of benzene rings is 3. The van der Waals surface area contributed by atoms with Crippen LogP contribution in [0.4, 0.5) is 4.39 Å². The molecular weight excluding hydrogens is 909 g/mol. The Hall–Kier alpha value is -5.67. The summed E-state index contributed by atoms with van der Waals surface area (Å²) in [6.07, 6.45) is 3.12. The zero-order valence-electron chi connectivity index (χ0n) is 40.1. The highest BCUT2D eigenvalue weighted by atomic mass is 35.5. The number of pyridine rings is 1. The van der Waals surface area contributed by atoms with E-state index in [1.807, 2.05) is 73.9 Å². The van der Waals surface area contributed by atoms with Crippen molar-refractivity contribution >= 4 is 46.7 Å². The largest absolute Gasteiger partial charge is 0.457 e. The average molecular weight is 971 g/mol. The Morgan fingerprint density at radius 3 is 2.31 bits per heavy atom. The van der Waals surface area contributed by atoms with Crippen molar-refractivity contribution in [3.63, 3.8) is 0 Å². The Morgan fingerprint density at radius 2 is 1.66 bits per heavy atom. The second kappa shape index (κ2) is 22.6. The third kappa shape index (κ3) is 12.5. The molecule has 1 aliphatic rings. The van der Waals surface area contributed by atoms with E-state index in [1.54, 1.807) is 67.2 Å². The smallest absolute Gasteiger partial charge is 0.227 e. The van der Waals surface area contributed by atoms with Crippen LogP contribution in [-0.2, 0) is 52.2 Å². The standard InChI is InChI=1S/C52H62Cl2FN7O6/c1-33(31-63)50(66)60(8)52(27-37-13-17-40(53)18-14-37)21-10-22-61(32-52)51(67)39(23-42-12-9-11-34(2)57-42)24-49(65)62(35(3)36(4)64)29-44-45(55)25-41(54)26-47(44)68-43-19-15-38(16-20-43)46-28-56-48(59(46)7)30-58(5)6/h9,11-20,25-26,28,33,35,39,63H,10,21-24,27,29-32H2,1-8H3/t33-,35-,39+,52+/m0/s1.